The number of H-pyrrole nitrogens is 2. The normalized spacial score (nSPS) is 10.7. The first kappa shape index (κ1) is 18.5. The van der Waals surface area contributed by atoms with Crippen LogP contribution in [0.2, 0.25) is 5.02 Å². The number of nitriles is 1. The Morgan fingerprint density at radius 2 is 2.03 bits per heavy atom. The zero-order valence-electron chi connectivity index (χ0n) is 14.9. The number of halogens is 2. The van der Waals surface area contributed by atoms with E-state index in [-0.39, 0.29) is 10.6 Å². The first-order valence-corrected chi connectivity index (χ1v) is 8.96. The van der Waals surface area contributed by atoms with Crippen molar-refractivity contribution >= 4 is 39.6 Å². The molecule has 0 saturated heterocycles. The molecule has 144 valence electrons. The van der Waals surface area contributed by atoms with Crippen LogP contribution in [0, 0.1) is 17.1 Å². The Morgan fingerprint density at radius 3 is 2.76 bits per heavy atom. The van der Waals surface area contributed by atoms with Crippen molar-refractivity contribution in [3.8, 4) is 6.07 Å². The molecule has 2 aromatic carbocycles. The third-order valence-corrected chi connectivity index (χ3v) is 4.64. The van der Waals surface area contributed by atoms with Crippen LogP contribution in [-0.2, 0) is 6.54 Å². The van der Waals surface area contributed by atoms with Crippen LogP contribution in [-0.4, -0.2) is 15.0 Å². The van der Waals surface area contributed by atoms with Crippen molar-refractivity contribution < 1.29 is 4.39 Å². The molecule has 0 fully saturated rings. The van der Waals surface area contributed by atoms with Gasteiger partial charge in [0.15, 0.2) is 0 Å². The van der Waals surface area contributed by atoms with Crippen LogP contribution in [0.15, 0.2) is 53.7 Å². The first-order chi connectivity index (χ1) is 14.0. The fourth-order valence-electron chi connectivity index (χ4n) is 2.94. The van der Waals surface area contributed by atoms with Gasteiger partial charge in [-0.05, 0) is 36.4 Å². The van der Waals surface area contributed by atoms with Crippen molar-refractivity contribution in [2.75, 3.05) is 10.6 Å². The number of hydrogen-bond donors (Lipinski definition) is 4. The molecular weight excluding hydrogens is 395 g/mol. The molecule has 2 heterocycles. The van der Waals surface area contributed by atoms with E-state index in [0.717, 1.165) is 11.4 Å². The van der Waals surface area contributed by atoms with Gasteiger partial charge in [-0.2, -0.15) is 5.26 Å². The largest absolute Gasteiger partial charge is 0.379 e. The maximum atomic E-state index is 13.5. The van der Waals surface area contributed by atoms with Crippen LogP contribution < -0.4 is 16.2 Å². The van der Waals surface area contributed by atoms with Crippen molar-refractivity contribution in [3.05, 3.63) is 81.4 Å². The third kappa shape index (κ3) is 3.77. The maximum Gasteiger partial charge on any atom is 0.268 e. The topological polar surface area (TPSA) is 109 Å². The molecule has 4 rings (SSSR count). The molecule has 0 aliphatic carbocycles. The number of rotatable bonds is 5. The predicted molar refractivity (Wildman–Crippen MR) is 110 cm³/mol. The smallest absolute Gasteiger partial charge is 0.268 e. The Hall–Kier alpha value is -3.83. The summed E-state index contributed by atoms with van der Waals surface area (Å²) < 4.78 is 13.5. The van der Waals surface area contributed by atoms with Gasteiger partial charge in [0, 0.05) is 23.0 Å². The molecule has 0 unspecified atom stereocenters. The Bertz CT molecular complexity index is 1290. The summed E-state index contributed by atoms with van der Waals surface area (Å²) in [5, 5.41) is 16.4. The SMILES string of the molecule is N#Cc1c(Nc2ccc(F)c(Cl)c2)c2cc(NCc3cnc[nH]3)ccc2[nH]c1=O. The van der Waals surface area contributed by atoms with Gasteiger partial charge >= 0.3 is 0 Å². The number of nitrogens with one attached hydrogen (secondary N) is 4. The van der Waals surface area contributed by atoms with Crippen LogP contribution in [0.1, 0.15) is 11.3 Å². The summed E-state index contributed by atoms with van der Waals surface area (Å²) >= 11 is 5.85. The number of aromatic nitrogens is 3. The third-order valence-electron chi connectivity index (χ3n) is 4.35. The molecule has 4 N–H and O–H groups in total. The number of aromatic amines is 2. The summed E-state index contributed by atoms with van der Waals surface area (Å²) in [5.41, 5.74) is 2.41. The minimum absolute atomic E-state index is 0.0652. The average Bonchev–Trinajstić information content (AvgIpc) is 3.23. The zero-order chi connectivity index (χ0) is 20.4. The standard InChI is InChI=1S/C20H14ClFN6O/c21-16-6-12(1-3-17(16)22)27-19-14-5-11(25-9-13-8-24-10-26-13)2-4-18(14)28-20(29)15(19)7-23/h1-6,8,10,25H,9H2,(H,24,26)(H2,27,28,29). The summed E-state index contributed by atoms with van der Waals surface area (Å²) in [6, 6.07) is 11.4. The quantitative estimate of drug-likeness (QED) is 0.394. The molecule has 7 nitrogen and oxygen atoms in total. The molecule has 4 aromatic rings. The number of fused-ring (bicyclic) bond motifs is 1. The first-order valence-electron chi connectivity index (χ1n) is 8.58. The maximum absolute atomic E-state index is 13.5. The van der Waals surface area contributed by atoms with Crippen molar-refractivity contribution in [2.24, 2.45) is 0 Å². The van der Waals surface area contributed by atoms with E-state index in [1.165, 1.54) is 18.2 Å². The summed E-state index contributed by atoms with van der Waals surface area (Å²) in [7, 11) is 0. The predicted octanol–water partition coefficient (Wildman–Crippen LogP) is 4.27. The fraction of sp³-hybridized carbons (Fsp3) is 0.0500. The van der Waals surface area contributed by atoms with Gasteiger partial charge in [-0.1, -0.05) is 11.6 Å². The summed E-state index contributed by atoms with van der Waals surface area (Å²) in [5.74, 6) is -0.557. The van der Waals surface area contributed by atoms with E-state index in [1.54, 1.807) is 18.6 Å². The number of pyridine rings is 1. The van der Waals surface area contributed by atoms with Gasteiger partial charge in [-0.15, -0.1) is 0 Å². The van der Waals surface area contributed by atoms with Crippen LogP contribution in [0.4, 0.5) is 21.5 Å². The molecule has 0 aliphatic heterocycles. The molecule has 2 aromatic heterocycles. The van der Waals surface area contributed by atoms with E-state index in [1.807, 2.05) is 18.2 Å². The number of benzene rings is 2. The highest BCUT2D eigenvalue weighted by Crippen LogP contribution is 2.30. The van der Waals surface area contributed by atoms with Gasteiger partial charge in [-0.3, -0.25) is 4.79 Å². The van der Waals surface area contributed by atoms with Crippen LogP contribution in [0.25, 0.3) is 10.9 Å². The van der Waals surface area contributed by atoms with E-state index in [4.69, 9.17) is 11.6 Å². The van der Waals surface area contributed by atoms with E-state index < -0.39 is 11.4 Å². The molecule has 0 atom stereocenters. The molecule has 0 amide bonds. The fourth-order valence-corrected chi connectivity index (χ4v) is 3.12. The van der Waals surface area contributed by atoms with E-state index in [9.17, 15) is 14.4 Å². The summed E-state index contributed by atoms with van der Waals surface area (Å²) in [4.78, 5) is 22.0. The lowest BCUT2D eigenvalue weighted by molar-refractivity contribution is 0.628. The monoisotopic (exact) mass is 408 g/mol. The molecular formula is C20H14ClFN6O. The number of anilines is 3. The number of hydrogen-bond acceptors (Lipinski definition) is 5. The van der Waals surface area contributed by atoms with E-state index in [0.29, 0.717) is 28.8 Å². The van der Waals surface area contributed by atoms with Crippen LogP contribution >= 0.6 is 11.6 Å². The lowest BCUT2D eigenvalue weighted by atomic mass is 10.1. The lowest BCUT2D eigenvalue weighted by Gasteiger charge is -2.13. The van der Waals surface area contributed by atoms with Gasteiger partial charge in [0.25, 0.3) is 5.56 Å². The van der Waals surface area contributed by atoms with Gasteiger partial charge in [0.05, 0.1) is 34.8 Å². The van der Waals surface area contributed by atoms with E-state index >= 15 is 0 Å². The minimum atomic E-state index is -0.557. The van der Waals surface area contributed by atoms with Crippen molar-refractivity contribution in [1.82, 2.24) is 15.0 Å². The zero-order valence-corrected chi connectivity index (χ0v) is 15.6. The summed E-state index contributed by atoms with van der Waals surface area (Å²) in [6.45, 7) is 0.524. The Kier molecular flexibility index (Phi) is 4.89. The molecule has 0 spiro atoms. The van der Waals surface area contributed by atoms with Gasteiger partial charge in [-0.25, -0.2) is 9.37 Å². The molecule has 9 heteroatoms. The Labute approximate surface area is 169 Å². The van der Waals surface area contributed by atoms with Gasteiger partial charge in [0.2, 0.25) is 0 Å². The highest BCUT2D eigenvalue weighted by molar-refractivity contribution is 6.31. The summed E-state index contributed by atoms with van der Waals surface area (Å²) in [6.07, 6.45) is 3.31. The number of nitrogens with zero attached hydrogens (tertiary/aromatic N) is 2. The second-order valence-electron chi connectivity index (χ2n) is 6.26. The molecule has 0 radical (unpaired) electrons. The molecule has 0 bridgehead atoms. The van der Waals surface area contributed by atoms with Gasteiger partial charge in [0.1, 0.15) is 17.4 Å². The van der Waals surface area contributed by atoms with Crippen LogP contribution in [0.5, 0.6) is 0 Å². The minimum Gasteiger partial charge on any atom is -0.379 e. The molecule has 0 saturated carbocycles. The van der Waals surface area contributed by atoms with Gasteiger partial charge < -0.3 is 20.6 Å². The second kappa shape index (κ2) is 7.66. The van der Waals surface area contributed by atoms with E-state index in [2.05, 4.69) is 25.6 Å². The average molecular weight is 409 g/mol. The second-order valence-corrected chi connectivity index (χ2v) is 6.67. The van der Waals surface area contributed by atoms with Crippen molar-refractivity contribution in [2.45, 2.75) is 6.54 Å². The Balaban J connectivity index is 1.78. The number of imidazole rings is 1. The Morgan fingerprint density at radius 1 is 1.21 bits per heavy atom. The van der Waals surface area contributed by atoms with Crippen LogP contribution in [0.3, 0.4) is 0 Å². The molecule has 0 aliphatic rings. The van der Waals surface area contributed by atoms with Crippen molar-refractivity contribution in [1.29, 1.82) is 5.26 Å². The van der Waals surface area contributed by atoms with Crippen molar-refractivity contribution in [3.63, 3.8) is 0 Å². The lowest BCUT2D eigenvalue weighted by Crippen LogP contribution is -2.13. The highest BCUT2D eigenvalue weighted by Gasteiger charge is 2.14. The highest BCUT2D eigenvalue weighted by atomic mass is 35.5. The molecule has 29 heavy (non-hydrogen) atoms.